The maximum Gasteiger partial charge on any atom is 0.573 e. The highest BCUT2D eigenvalue weighted by Crippen LogP contribution is 2.41. The van der Waals surface area contributed by atoms with E-state index in [1.807, 2.05) is 27.7 Å². The van der Waals surface area contributed by atoms with Crippen molar-refractivity contribution in [2.24, 2.45) is 5.73 Å². The Hall–Kier alpha value is -1.25. The smallest absolute Gasteiger partial charge is 0.405 e. The molecular weight excluding hydrogens is 298 g/mol. The van der Waals surface area contributed by atoms with E-state index >= 15 is 0 Å². The second-order valence-corrected chi connectivity index (χ2v) is 6.24. The summed E-state index contributed by atoms with van der Waals surface area (Å²) in [6.07, 6.45) is -4.79. The summed E-state index contributed by atoms with van der Waals surface area (Å²) >= 11 is 0. The van der Waals surface area contributed by atoms with Crippen molar-refractivity contribution in [1.29, 1.82) is 0 Å². The van der Waals surface area contributed by atoms with Crippen molar-refractivity contribution >= 4 is 7.12 Å². The van der Waals surface area contributed by atoms with Crippen LogP contribution in [0.4, 0.5) is 13.2 Å². The molecule has 1 aliphatic heterocycles. The molecule has 0 saturated carbocycles. The van der Waals surface area contributed by atoms with E-state index in [1.165, 1.54) is 18.2 Å². The zero-order valence-corrected chi connectivity index (χ0v) is 12.9. The Labute approximate surface area is 127 Å². The molecule has 0 radical (unpaired) electrons. The predicted octanol–water partition coefficient (Wildman–Crippen LogP) is 3.22. The van der Waals surface area contributed by atoms with Crippen LogP contribution in [-0.4, -0.2) is 24.7 Å². The SMILES string of the molecule is CC1(C)OB([C@H](N)c2ccccc2OC(F)(F)F)OC1(C)C. The molecule has 1 aliphatic rings. The Morgan fingerprint density at radius 2 is 1.59 bits per heavy atom. The zero-order chi connectivity index (χ0) is 16.8. The van der Waals surface area contributed by atoms with Gasteiger partial charge >= 0.3 is 13.5 Å². The monoisotopic (exact) mass is 317 g/mol. The number of rotatable bonds is 3. The summed E-state index contributed by atoms with van der Waals surface area (Å²) in [5.74, 6) is -1.25. The molecular formula is C14H19BF3NO3. The minimum atomic E-state index is -4.79. The van der Waals surface area contributed by atoms with Crippen molar-refractivity contribution in [2.75, 3.05) is 0 Å². The van der Waals surface area contributed by atoms with Crippen LogP contribution in [0.25, 0.3) is 0 Å². The van der Waals surface area contributed by atoms with Crippen LogP contribution >= 0.6 is 0 Å². The lowest BCUT2D eigenvalue weighted by molar-refractivity contribution is -0.274. The molecule has 1 saturated heterocycles. The summed E-state index contributed by atoms with van der Waals surface area (Å²) in [5.41, 5.74) is 5.01. The van der Waals surface area contributed by atoms with E-state index in [9.17, 15) is 13.2 Å². The van der Waals surface area contributed by atoms with Gasteiger partial charge in [-0.3, -0.25) is 0 Å². The zero-order valence-electron chi connectivity index (χ0n) is 12.9. The predicted molar refractivity (Wildman–Crippen MR) is 76.1 cm³/mol. The van der Waals surface area contributed by atoms with Crippen LogP contribution < -0.4 is 10.5 Å². The van der Waals surface area contributed by atoms with Gasteiger partial charge in [0.25, 0.3) is 0 Å². The van der Waals surface area contributed by atoms with Gasteiger partial charge in [-0.05, 0) is 33.8 Å². The number of alkyl halides is 3. The first-order valence-corrected chi connectivity index (χ1v) is 6.89. The van der Waals surface area contributed by atoms with Crippen molar-refractivity contribution in [3.63, 3.8) is 0 Å². The summed E-state index contributed by atoms with van der Waals surface area (Å²) in [5, 5.41) is 0. The Morgan fingerprint density at radius 3 is 2.09 bits per heavy atom. The maximum absolute atomic E-state index is 12.5. The van der Waals surface area contributed by atoms with Crippen molar-refractivity contribution in [2.45, 2.75) is 51.2 Å². The molecule has 2 N–H and O–H groups in total. The molecule has 2 rings (SSSR count). The molecule has 122 valence electrons. The summed E-state index contributed by atoms with van der Waals surface area (Å²) in [4.78, 5) is 0. The van der Waals surface area contributed by atoms with E-state index in [0.29, 0.717) is 0 Å². The molecule has 0 aliphatic carbocycles. The lowest BCUT2D eigenvalue weighted by atomic mass is 9.74. The molecule has 1 aromatic carbocycles. The van der Waals surface area contributed by atoms with Gasteiger partial charge in [0.2, 0.25) is 0 Å². The number of hydrogen-bond acceptors (Lipinski definition) is 4. The maximum atomic E-state index is 12.5. The number of para-hydroxylation sites is 1. The number of benzene rings is 1. The van der Waals surface area contributed by atoms with Gasteiger partial charge in [-0.25, -0.2) is 0 Å². The lowest BCUT2D eigenvalue weighted by Gasteiger charge is -2.32. The fourth-order valence-electron chi connectivity index (χ4n) is 2.16. The topological polar surface area (TPSA) is 53.7 Å². The Balaban J connectivity index is 2.26. The molecule has 0 unspecified atom stereocenters. The van der Waals surface area contributed by atoms with E-state index in [-0.39, 0.29) is 11.3 Å². The molecule has 0 bridgehead atoms. The summed E-state index contributed by atoms with van der Waals surface area (Å²) in [6, 6.07) is 5.72. The highest BCUT2D eigenvalue weighted by molar-refractivity contribution is 6.47. The lowest BCUT2D eigenvalue weighted by Crippen LogP contribution is -2.41. The Morgan fingerprint density at radius 1 is 1.09 bits per heavy atom. The highest BCUT2D eigenvalue weighted by atomic mass is 19.4. The van der Waals surface area contributed by atoms with Crippen LogP contribution in [0.1, 0.15) is 39.2 Å². The standard InChI is InChI=1S/C14H19BF3NO3/c1-12(2)13(3,4)22-15(21-12)11(19)9-7-5-6-8-10(9)20-14(16,17)18/h5-8,11H,19H2,1-4H3/t11-/m1/s1. The van der Waals surface area contributed by atoms with E-state index in [4.69, 9.17) is 15.0 Å². The number of halogens is 3. The summed E-state index contributed by atoms with van der Waals surface area (Å²) in [6.45, 7) is 7.38. The van der Waals surface area contributed by atoms with Gasteiger partial charge < -0.3 is 19.8 Å². The average Bonchev–Trinajstić information content (AvgIpc) is 2.56. The van der Waals surface area contributed by atoms with Crippen molar-refractivity contribution < 1.29 is 27.2 Å². The molecule has 1 heterocycles. The van der Waals surface area contributed by atoms with E-state index in [1.54, 1.807) is 6.07 Å². The van der Waals surface area contributed by atoms with Crippen LogP contribution in [0.5, 0.6) is 5.75 Å². The molecule has 1 aromatic rings. The van der Waals surface area contributed by atoms with Crippen LogP contribution in [0.2, 0.25) is 0 Å². The fourth-order valence-corrected chi connectivity index (χ4v) is 2.16. The molecule has 8 heteroatoms. The fraction of sp³-hybridized carbons (Fsp3) is 0.571. The Kier molecular flexibility index (Phi) is 4.23. The third-order valence-corrected chi connectivity index (χ3v) is 4.07. The van der Waals surface area contributed by atoms with Crippen molar-refractivity contribution in [3.05, 3.63) is 29.8 Å². The van der Waals surface area contributed by atoms with Crippen LogP contribution in [-0.2, 0) is 9.31 Å². The molecule has 22 heavy (non-hydrogen) atoms. The number of nitrogens with two attached hydrogens (primary N) is 1. The van der Waals surface area contributed by atoms with Gasteiger partial charge in [0.15, 0.2) is 0 Å². The normalized spacial score (nSPS) is 21.7. The quantitative estimate of drug-likeness (QED) is 0.870. The van der Waals surface area contributed by atoms with Crippen molar-refractivity contribution in [1.82, 2.24) is 0 Å². The van der Waals surface area contributed by atoms with E-state index < -0.39 is 30.6 Å². The number of ether oxygens (including phenoxy) is 1. The third kappa shape index (κ3) is 3.39. The van der Waals surface area contributed by atoms with Crippen LogP contribution in [0, 0.1) is 0 Å². The Bertz CT molecular complexity index is 532. The number of hydrogen-bond donors (Lipinski definition) is 1. The van der Waals surface area contributed by atoms with Crippen LogP contribution in [0.15, 0.2) is 24.3 Å². The highest BCUT2D eigenvalue weighted by Gasteiger charge is 2.53. The molecule has 0 spiro atoms. The van der Waals surface area contributed by atoms with Gasteiger partial charge in [0, 0.05) is 5.56 Å². The summed E-state index contributed by atoms with van der Waals surface area (Å²) < 4.78 is 53.0. The minimum Gasteiger partial charge on any atom is -0.405 e. The molecule has 1 fully saturated rings. The third-order valence-electron chi connectivity index (χ3n) is 4.07. The summed E-state index contributed by atoms with van der Waals surface area (Å²) in [7, 11) is -0.858. The van der Waals surface area contributed by atoms with Crippen LogP contribution in [0.3, 0.4) is 0 Å². The van der Waals surface area contributed by atoms with Crippen molar-refractivity contribution in [3.8, 4) is 5.75 Å². The first-order chi connectivity index (χ1) is 9.93. The first-order valence-electron chi connectivity index (χ1n) is 6.89. The van der Waals surface area contributed by atoms with E-state index in [0.717, 1.165) is 0 Å². The van der Waals surface area contributed by atoms with Gasteiger partial charge in [-0.15, -0.1) is 13.2 Å². The second-order valence-electron chi connectivity index (χ2n) is 6.24. The van der Waals surface area contributed by atoms with Gasteiger partial charge in [-0.1, -0.05) is 18.2 Å². The largest absolute Gasteiger partial charge is 0.573 e. The molecule has 4 nitrogen and oxygen atoms in total. The van der Waals surface area contributed by atoms with Gasteiger partial charge in [0.1, 0.15) is 5.75 Å². The molecule has 1 atom stereocenters. The van der Waals surface area contributed by atoms with E-state index in [2.05, 4.69) is 4.74 Å². The van der Waals surface area contributed by atoms with Gasteiger partial charge in [0.05, 0.1) is 17.1 Å². The first kappa shape index (κ1) is 17.1. The minimum absolute atomic E-state index is 0.179. The molecule has 0 aromatic heterocycles. The average molecular weight is 317 g/mol. The van der Waals surface area contributed by atoms with Gasteiger partial charge in [-0.2, -0.15) is 0 Å². The molecule has 0 amide bonds. The second kappa shape index (κ2) is 5.44.